The Morgan fingerprint density at radius 2 is 1.78 bits per heavy atom. The van der Waals surface area contributed by atoms with E-state index in [9.17, 15) is 9.59 Å². The van der Waals surface area contributed by atoms with Crippen LogP contribution in [0.3, 0.4) is 0 Å². The molecule has 0 amide bonds. The van der Waals surface area contributed by atoms with Crippen molar-refractivity contribution in [2.24, 2.45) is 0 Å². The van der Waals surface area contributed by atoms with E-state index in [1.54, 1.807) is 24.3 Å². The lowest BCUT2D eigenvalue weighted by Crippen LogP contribution is -2.12. The summed E-state index contributed by atoms with van der Waals surface area (Å²) in [6.45, 7) is 7.32. The minimum atomic E-state index is -1.31. The van der Waals surface area contributed by atoms with E-state index in [0.29, 0.717) is 11.0 Å². The van der Waals surface area contributed by atoms with E-state index >= 15 is 0 Å². The van der Waals surface area contributed by atoms with E-state index in [1.165, 1.54) is 6.07 Å². The van der Waals surface area contributed by atoms with Gasteiger partial charge in [-0.3, -0.25) is 0 Å². The molecule has 4 heteroatoms. The lowest BCUT2D eigenvalue weighted by Gasteiger charge is -2.04. The van der Waals surface area contributed by atoms with Gasteiger partial charge in [-0.05, 0) is 29.3 Å². The zero-order valence-electron chi connectivity index (χ0n) is 9.47. The van der Waals surface area contributed by atoms with Gasteiger partial charge < -0.3 is 9.52 Å². The molecule has 4 nitrogen and oxygen atoms in total. The largest absolute Gasteiger partial charge is 0.477 e. The van der Waals surface area contributed by atoms with Crippen LogP contribution in [0.1, 0.15) is 21.5 Å². The zero-order chi connectivity index (χ0) is 13.3. The van der Waals surface area contributed by atoms with Crippen molar-refractivity contribution in [2.75, 3.05) is 0 Å². The van der Waals surface area contributed by atoms with Crippen molar-refractivity contribution in [2.45, 2.75) is 0 Å². The first-order valence-electron chi connectivity index (χ1n) is 5.17. The average Bonchev–Trinajstić information content (AvgIpc) is 2.36. The van der Waals surface area contributed by atoms with Crippen molar-refractivity contribution in [3.05, 3.63) is 58.5 Å². The molecule has 1 aromatic carbocycles. The van der Waals surface area contributed by atoms with Crippen LogP contribution in [0.4, 0.5) is 0 Å². The Morgan fingerprint density at radius 1 is 1.17 bits per heavy atom. The Morgan fingerprint density at radius 3 is 2.33 bits per heavy atom. The molecule has 0 aliphatic carbocycles. The van der Waals surface area contributed by atoms with E-state index in [1.807, 2.05) is 0 Å². The van der Waals surface area contributed by atoms with Gasteiger partial charge in [0.2, 0.25) is 0 Å². The summed E-state index contributed by atoms with van der Waals surface area (Å²) in [6.07, 6.45) is 3.24. The van der Waals surface area contributed by atoms with Crippen LogP contribution in [-0.2, 0) is 0 Å². The van der Waals surface area contributed by atoms with Gasteiger partial charge >= 0.3 is 11.6 Å². The molecular weight excluding hydrogens is 232 g/mol. The highest BCUT2D eigenvalue weighted by Gasteiger charge is 2.12. The third-order valence-electron chi connectivity index (χ3n) is 2.61. The number of fused-ring (bicyclic) bond motifs is 1. The maximum atomic E-state index is 11.4. The maximum Gasteiger partial charge on any atom is 0.351 e. The van der Waals surface area contributed by atoms with Gasteiger partial charge in [-0.15, -0.1) is 0 Å². The third kappa shape index (κ3) is 1.84. The molecule has 0 radical (unpaired) electrons. The predicted molar refractivity (Wildman–Crippen MR) is 69.6 cm³/mol. The molecule has 0 atom stereocenters. The van der Waals surface area contributed by atoms with Gasteiger partial charge in [-0.1, -0.05) is 25.3 Å². The Hall–Kier alpha value is -2.62. The van der Waals surface area contributed by atoms with Crippen LogP contribution in [0.2, 0.25) is 0 Å². The molecule has 0 saturated heterocycles. The van der Waals surface area contributed by atoms with Crippen molar-refractivity contribution in [3.8, 4) is 0 Å². The number of carboxylic acids is 1. The predicted octanol–water partition coefficient (Wildman–Crippen LogP) is 2.78. The molecule has 18 heavy (non-hydrogen) atoms. The molecule has 0 unspecified atom stereocenters. The fourth-order valence-corrected chi connectivity index (χ4v) is 1.70. The number of hydrogen-bond donors (Lipinski definition) is 1. The van der Waals surface area contributed by atoms with Crippen molar-refractivity contribution >= 4 is 29.1 Å². The second kappa shape index (κ2) is 4.33. The highest BCUT2D eigenvalue weighted by Crippen LogP contribution is 2.21. The van der Waals surface area contributed by atoms with E-state index in [-0.39, 0.29) is 5.56 Å². The van der Waals surface area contributed by atoms with Crippen LogP contribution in [0.15, 0.2) is 40.6 Å². The van der Waals surface area contributed by atoms with Crippen LogP contribution in [-0.4, -0.2) is 11.1 Å². The number of carboxylic acid groups (broad SMARTS) is 1. The van der Waals surface area contributed by atoms with Gasteiger partial charge in [-0.25, -0.2) is 9.59 Å². The first-order valence-corrected chi connectivity index (χ1v) is 5.17. The summed E-state index contributed by atoms with van der Waals surface area (Å²) in [7, 11) is 0. The van der Waals surface area contributed by atoms with Crippen molar-refractivity contribution in [1.29, 1.82) is 0 Å². The fourth-order valence-electron chi connectivity index (χ4n) is 1.70. The van der Waals surface area contributed by atoms with Crippen LogP contribution >= 0.6 is 0 Å². The number of hydrogen-bond acceptors (Lipinski definition) is 3. The van der Waals surface area contributed by atoms with Crippen LogP contribution < -0.4 is 5.63 Å². The molecule has 0 saturated carbocycles. The molecule has 1 aromatic heterocycles. The smallest absolute Gasteiger partial charge is 0.351 e. The summed E-state index contributed by atoms with van der Waals surface area (Å²) >= 11 is 0. The lowest BCUT2D eigenvalue weighted by molar-refractivity contribution is 0.0692. The van der Waals surface area contributed by atoms with Gasteiger partial charge in [-0.2, -0.15) is 0 Å². The van der Waals surface area contributed by atoms with E-state index in [2.05, 4.69) is 13.2 Å². The van der Waals surface area contributed by atoms with Crippen LogP contribution in [0.25, 0.3) is 23.1 Å². The summed E-state index contributed by atoms with van der Waals surface area (Å²) in [5, 5.41) is 9.39. The minimum Gasteiger partial charge on any atom is -0.477 e. The summed E-state index contributed by atoms with van der Waals surface area (Å²) in [5.74, 6) is -1.31. The average molecular weight is 242 g/mol. The first-order chi connectivity index (χ1) is 8.56. The molecule has 2 aromatic rings. The van der Waals surface area contributed by atoms with E-state index < -0.39 is 11.6 Å². The lowest BCUT2D eigenvalue weighted by atomic mass is 10.0. The highest BCUT2D eigenvalue weighted by molar-refractivity contribution is 5.92. The molecule has 0 aliphatic heterocycles. The molecule has 1 N–H and O–H groups in total. The summed E-state index contributed by atoms with van der Waals surface area (Å²) in [5.41, 5.74) is 0.636. The topological polar surface area (TPSA) is 67.5 Å². The molecule has 0 bridgehead atoms. The fraction of sp³-hybridized carbons (Fsp3) is 0. The zero-order valence-corrected chi connectivity index (χ0v) is 9.47. The van der Waals surface area contributed by atoms with Crippen LogP contribution in [0.5, 0.6) is 0 Å². The number of carbonyl (C=O) groups is 1. The van der Waals surface area contributed by atoms with Crippen molar-refractivity contribution < 1.29 is 14.3 Å². The molecule has 90 valence electrons. The van der Waals surface area contributed by atoms with Gasteiger partial charge in [0.1, 0.15) is 11.1 Å². The van der Waals surface area contributed by atoms with Crippen LogP contribution in [0, 0.1) is 0 Å². The summed E-state index contributed by atoms with van der Waals surface area (Å²) in [4.78, 5) is 22.3. The number of aromatic carboxylic acids is 1. The molecule has 1 heterocycles. The van der Waals surface area contributed by atoms with Gasteiger partial charge in [0.25, 0.3) is 0 Å². The van der Waals surface area contributed by atoms with E-state index in [0.717, 1.165) is 11.1 Å². The minimum absolute atomic E-state index is 0.325. The normalized spacial score (nSPS) is 10.2. The van der Waals surface area contributed by atoms with Gasteiger partial charge in [0.15, 0.2) is 0 Å². The van der Waals surface area contributed by atoms with E-state index in [4.69, 9.17) is 9.52 Å². The summed E-state index contributed by atoms with van der Waals surface area (Å²) in [6, 6.07) is 4.63. The first kappa shape index (κ1) is 11.9. The molecular formula is C14H10O4. The highest BCUT2D eigenvalue weighted by atomic mass is 16.4. The Kier molecular flexibility index (Phi) is 2.85. The SMILES string of the molecule is C=Cc1cc2cc(C(=O)O)c(=O)oc2cc1C=C. The second-order valence-electron chi connectivity index (χ2n) is 3.68. The third-order valence-corrected chi connectivity index (χ3v) is 2.61. The summed E-state index contributed by atoms with van der Waals surface area (Å²) < 4.78 is 4.98. The molecule has 0 aliphatic rings. The standard InChI is InChI=1S/C14H10O4/c1-3-8-5-10-6-11(13(15)16)14(17)18-12(10)7-9(8)4-2/h3-7H,1-2H2,(H,15,16). The Labute approximate surface area is 102 Å². The van der Waals surface area contributed by atoms with Crippen molar-refractivity contribution in [1.82, 2.24) is 0 Å². The molecule has 2 rings (SSSR count). The Balaban J connectivity index is 2.86. The second-order valence-corrected chi connectivity index (χ2v) is 3.68. The molecule has 0 spiro atoms. The maximum absolute atomic E-state index is 11.4. The number of benzene rings is 1. The monoisotopic (exact) mass is 242 g/mol. The van der Waals surface area contributed by atoms with Gasteiger partial charge in [0, 0.05) is 5.39 Å². The van der Waals surface area contributed by atoms with Gasteiger partial charge in [0.05, 0.1) is 0 Å². The quantitative estimate of drug-likeness (QED) is 0.840. The number of rotatable bonds is 3. The Bertz CT molecular complexity index is 722. The molecule has 0 fully saturated rings. The van der Waals surface area contributed by atoms with Crippen molar-refractivity contribution in [3.63, 3.8) is 0 Å².